The zero-order valence-electron chi connectivity index (χ0n) is 8.45. The summed E-state index contributed by atoms with van der Waals surface area (Å²) in [5, 5.41) is 0. The predicted octanol–water partition coefficient (Wildman–Crippen LogP) is 3.25. The lowest BCUT2D eigenvalue weighted by molar-refractivity contribution is 0.811. The largest absolute Gasteiger partial charge is 0.324 e. The normalized spacial score (nSPS) is 12.4. The van der Waals surface area contributed by atoms with Crippen LogP contribution in [0.1, 0.15) is 43.9 Å². The molecule has 1 rings (SSSR count). The molecule has 0 aromatic heterocycles. The van der Waals surface area contributed by atoms with Crippen LogP contribution in [0.3, 0.4) is 0 Å². The summed E-state index contributed by atoms with van der Waals surface area (Å²) in [4.78, 5) is 0. The SMILES string of the molecule is CC(C)c1ccc([C@@H](C)N)cc1.Cl. The fraction of sp³-hybridized carbons (Fsp3) is 0.455. The molecule has 0 bridgehead atoms. The van der Waals surface area contributed by atoms with E-state index in [1.54, 1.807) is 0 Å². The molecule has 0 fully saturated rings. The van der Waals surface area contributed by atoms with Gasteiger partial charge in [-0.1, -0.05) is 38.1 Å². The highest BCUT2D eigenvalue weighted by atomic mass is 35.5. The lowest BCUT2D eigenvalue weighted by atomic mass is 10.00. The van der Waals surface area contributed by atoms with Gasteiger partial charge in [0.15, 0.2) is 0 Å². The molecule has 1 aromatic carbocycles. The van der Waals surface area contributed by atoms with Gasteiger partial charge in [-0.2, -0.15) is 0 Å². The summed E-state index contributed by atoms with van der Waals surface area (Å²) in [5.74, 6) is 0.604. The zero-order chi connectivity index (χ0) is 9.14. The minimum atomic E-state index is 0. The van der Waals surface area contributed by atoms with E-state index in [4.69, 9.17) is 5.73 Å². The van der Waals surface area contributed by atoms with Crippen LogP contribution in [0.4, 0.5) is 0 Å². The van der Waals surface area contributed by atoms with Crippen LogP contribution in [-0.4, -0.2) is 0 Å². The Bertz CT molecular complexity index is 212. The van der Waals surface area contributed by atoms with Gasteiger partial charge < -0.3 is 5.73 Å². The Kier molecular flexibility index (Phi) is 5.04. The Labute approximate surface area is 86.7 Å². The highest BCUT2D eigenvalue weighted by molar-refractivity contribution is 5.85. The molecule has 0 heterocycles. The van der Waals surface area contributed by atoms with Gasteiger partial charge in [0.05, 0.1) is 0 Å². The van der Waals surface area contributed by atoms with E-state index in [9.17, 15) is 0 Å². The number of hydrogen-bond donors (Lipinski definition) is 1. The van der Waals surface area contributed by atoms with Gasteiger partial charge in [0, 0.05) is 6.04 Å². The minimum Gasteiger partial charge on any atom is -0.324 e. The van der Waals surface area contributed by atoms with E-state index >= 15 is 0 Å². The molecule has 0 spiro atoms. The molecule has 0 amide bonds. The lowest BCUT2D eigenvalue weighted by Crippen LogP contribution is -2.04. The predicted molar refractivity (Wildman–Crippen MR) is 60.4 cm³/mol. The first kappa shape index (κ1) is 12.5. The van der Waals surface area contributed by atoms with Crippen LogP contribution < -0.4 is 5.73 Å². The Hall–Kier alpha value is -0.530. The molecule has 0 aliphatic rings. The van der Waals surface area contributed by atoms with Gasteiger partial charge in [0.2, 0.25) is 0 Å². The molecule has 1 nitrogen and oxygen atoms in total. The first-order valence-electron chi connectivity index (χ1n) is 4.46. The van der Waals surface area contributed by atoms with Crippen molar-refractivity contribution < 1.29 is 0 Å². The first-order chi connectivity index (χ1) is 5.61. The van der Waals surface area contributed by atoms with Crippen molar-refractivity contribution in [1.29, 1.82) is 0 Å². The third kappa shape index (κ3) is 3.37. The van der Waals surface area contributed by atoms with Gasteiger partial charge in [-0.15, -0.1) is 12.4 Å². The maximum Gasteiger partial charge on any atom is 0.0266 e. The molecule has 13 heavy (non-hydrogen) atoms. The number of halogens is 1. The molecular weight excluding hydrogens is 182 g/mol. The molecular formula is C11H18ClN. The van der Waals surface area contributed by atoms with Crippen LogP contribution in [-0.2, 0) is 0 Å². The average Bonchev–Trinajstić information content (AvgIpc) is 2.04. The first-order valence-corrected chi connectivity index (χ1v) is 4.46. The number of benzene rings is 1. The van der Waals surface area contributed by atoms with Gasteiger partial charge in [0.1, 0.15) is 0 Å². The van der Waals surface area contributed by atoms with Crippen molar-refractivity contribution >= 4 is 12.4 Å². The summed E-state index contributed by atoms with van der Waals surface area (Å²) >= 11 is 0. The summed E-state index contributed by atoms with van der Waals surface area (Å²) in [5.41, 5.74) is 8.32. The minimum absolute atomic E-state index is 0. The molecule has 74 valence electrons. The van der Waals surface area contributed by atoms with Crippen LogP contribution in [0, 0.1) is 0 Å². The lowest BCUT2D eigenvalue weighted by Gasteiger charge is -2.08. The maximum atomic E-state index is 5.74. The molecule has 0 saturated heterocycles. The Morgan fingerprint density at radius 3 is 1.62 bits per heavy atom. The maximum absolute atomic E-state index is 5.74. The Balaban J connectivity index is 0.00000144. The fourth-order valence-electron chi connectivity index (χ4n) is 1.18. The molecule has 2 heteroatoms. The molecule has 0 aliphatic carbocycles. The third-order valence-corrected chi connectivity index (χ3v) is 2.13. The van der Waals surface area contributed by atoms with Crippen LogP contribution in [0.15, 0.2) is 24.3 Å². The van der Waals surface area contributed by atoms with E-state index in [1.165, 1.54) is 11.1 Å². The third-order valence-electron chi connectivity index (χ3n) is 2.13. The van der Waals surface area contributed by atoms with E-state index in [0.717, 1.165) is 0 Å². The van der Waals surface area contributed by atoms with Crippen molar-refractivity contribution in [3.8, 4) is 0 Å². The van der Waals surface area contributed by atoms with E-state index in [2.05, 4.69) is 38.1 Å². The monoisotopic (exact) mass is 199 g/mol. The average molecular weight is 200 g/mol. The highest BCUT2D eigenvalue weighted by Gasteiger charge is 2.00. The fourth-order valence-corrected chi connectivity index (χ4v) is 1.18. The zero-order valence-corrected chi connectivity index (χ0v) is 9.27. The van der Waals surface area contributed by atoms with Gasteiger partial charge in [-0.3, -0.25) is 0 Å². The summed E-state index contributed by atoms with van der Waals surface area (Å²) in [7, 11) is 0. The highest BCUT2D eigenvalue weighted by Crippen LogP contribution is 2.16. The number of nitrogens with two attached hydrogens (primary N) is 1. The van der Waals surface area contributed by atoms with E-state index in [0.29, 0.717) is 5.92 Å². The summed E-state index contributed by atoms with van der Waals surface area (Å²) in [6.45, 7) is 6.39. The van der Waals surface area contributed by atoms with Crippen LogP contribution in [0.25, 0.3) is 0 Å². The second-order valence-corrected chi connectivity index (χ2v) is 3.61. The van der Waals surface area contributed by atoms with E-state index < -0.39 is 0 Å². The summed E-state index contributed by atoms with van der Waals surface area (Å²) in [6.07, 6.45) is 0. The van der Waals surface area contributed by atoms with Crippen LogP contribution >= 0.6 is 12.4 Å². The van der Waals surface area contributed by atoms with Crippen molar-refractivity contribution in [3.05, 3.63) is 35.4 Å². The van der Waals surface area contributed by atoms with Crippen molar-refractivity contribution in [3.63, 3.8) is 0 Å². The van der Waals surface area contributed by atoms with E-state index in [1.807, 2.05) is 6.92 Å². The Morgan fingerprint density at radius 2 is 1.31 bits per heavy atom. The standard InChI is InChI=1S/C11H17N.ClH/c1-8(2)10-4-6-11(7-5-10)9(3)12;/h4-9H,12H2,1-3H3;1H/t9-;/m1./s1. The van der Waals surface area contributed by atoms with Crippen molar-refractivity contribution in [2.45, 2.75) is 32.7 Å². The molecule has 1 atom stereocenters. The molecule has 0 radical (unpaired) electrons. The number of hydrogen-bond acceptors (Lipinski definition) is 1. The second kappa shape index (κ2) is 5.25. The van der Waals surface area contributed by atoms with Crippen molar-refractivity contribution in [2.24, 2.45) is 5.73 Å². The van der Waals surface area contributed by atoms with Crippen molar-refractivity contribution in [2.75, 3.05) is 0 Å². The van der Waals surface area contributed by atoms with Gasteiger partial charge >= 0.3 is 0 Å². The van der Waals surface area contributed by atoms with Crippen LogP contribution in [0.2, 0.25) is 0 Å². The van der Waals surface area contributed by atoms with Gasteiger partial charge in [0.25, 0.3) is 0 Å². The van der Waals surface area contributed by atoms with Gasteiger partial charge in [-0.25, -0.2) is 0 Å². The molecule has 2 N–H and O–H groups in total. The summed E-state index contributed by atoms with van der Waals surface area (Å²) in [6, 6.07) is 8.68. The quantitative estimate of drug-likeness (QED) is 0.778. The smallest absolute Gasteiger partial charge is 0.0266 e. The van der Waals surface area contributed by atoms with Crippen molar-refractivity contribution in [1.82, 2.24) is 0 Å². The number of rotatable bonds is 2. The summed E-state index contributed by atoms with van der Waals surface area (Å²) < 4.78 is 0. The molecule has 0 saturated carbocycles. The second-order valence-electron chi connectivity index (χ2n) is 3.61. The van der Waals surface area contributed by atoms with Crippen LogP contribution in [0.5, 0.6) is 0 Å². The van der Waals surface area contributed by atoms with E-state index in [-0.39, 0.29) is 18.4 Å². The molecule has 1 aromatic rings. The van der Waals surface area contributed by atoms with Gasteiger partial charge in [-0.05, 0) is 24.0 Å². The topological polar surface area (TPSA) is 26.0 Å². The molecule has 0 unspecified atom stereocenters. The molecule has 0 aliphatic heterocycles. The Morgan fingerprint density at radius 1 is 0.923 bits per heavy atom.